The lowest BCUT2D eigenvalue weighted by atomic mass is 9.97. The van der Waals surface area contributed by atoms with Crippen molar-refractivity contribution in [1.82, 2.24) is 4.98 Å². The Labute approximate surface area is 156 Å². The van der Waals surface area contributed by atoms with Crippen LogP contribution < -0.4 is 5.32 Å². The Morgan fingerprint density at radius 1 is 1.22 bits per heavy atom. The molecule has 0 atom stereocenters. The Balaban J connectivity index is 1.97. The molecule has 27 heavy (non-hydrogen) atoms. The molecule has 0 unspecified atom stereocenters. The Morgan fingerprint density at radius 2 is 1.96 bits per heavy atom. The van der Waals surface area contributed by atoms with Crippen molar-refractivity contribution in [1.29, 1.82) is 0 Å². The van der Waals surface area contributed by atoms with Gasteiger partial charge < -0.3 is 15.2 Å². The summed E-state index contributed by atoms with van der Waals surface area (Å²) in [6.07, 6.45) is 0.970. The van der Waals surface area contributed by atoms with Crippen molar-refractivity contribution in [3.8, 4) is 16.9 Å². The summed E-state index contributed by atoms with van der Waals surface area (Å²) >= 11 is 0. The van der Waals surface area contributed by atoms with Crippen LogP contribution in [-0.2, 0) is 9.53 Å². The molecule has 0 saturated carbocycles. The number of anilines is 1. The van der Waals surface area contributed by atoms with E-state index in [9.17, 15) is 14.3 Å². The van der Waals surface area contributed by atoms with Gasteiger partial charge in [-0.15, -0.1) is 0 Å². The second-order valence-corrected chi connectivity index (χ2v) is 6.24. The lowest BCUT2D eigenvalue weighted by Crippen LogP contribution is -2.08. The molecule has 0 amide bonds. The molecule has 140 valence electrons. The predicted octanol–water partition coefficient (Wildman–Crippen LogP) is 4.42. The van der Waals surface area contributed by atoms with Crippen LogP contribution in [0.5, 0.6) is 5.75 Å². The Kier molecular flexibility index (Phi) is 5.54. The highest BCUT2D eigenvalue weighted by atomic mass is 19.1. The van der Waals surface area contributed by atoms with Gasteiger partial charge in [-0.05, 0) is 36.4 Å². The third-order valence-electron chi connectivity index (χ3n) is 4.41. The fourth-order valence-corrected chi connectivity index (χ4v) is 3.09. The van der Waals surface area contributed by atoms with Crippen molar-refractivity contribution in [2.24, 2.45) is 0 Å². The number of pyridine rings is 1. The van der Waals surface area contributed by atoms with Gasteiger partial charge in [0.2, 0.25) is 0 Å². The van der Waals surface area contributed by atoms with Gasteiger partial charge in [-0.2, -0.15) is 0 Å². The van der Waals surface area contributed by atoms with Gasteiger partial charge in [0.25, 0.3) is 0 Å². The average Bonchev–Trinajstić information content (AvgIpc) is 2.67. The number of halogens is 1. The number of aromatic hydroxyl groups is 1. The first-order valence-electron chi connectivity index (χ1n) is 8.70. The van der Waals surface area contributed by atoms with E-state index in [-0.39, 0.29) is 11.7 Å². The number of hydrogen-bond donors (Lipinski definition) is 2. The number of aryl methyl sites for hydroxylation is 1. The fraction of sp³-hybridized carbons (Fsp3) is 0.238. The minimum absolute atomic E-state index is 0.240. The van der Waals surface area contributed by atoms with E-state index in [1.165, 1.54) is 19.2 Å². The van der Waals surface area contributed by atoms with Crippen LogP contribution in [0.2, 0.25) is 0 Å². The number of phenols is 1. The highest BCUT2D eigenvalue weighted by molar-refractivity contribution is 6.03. The number of nitrogens with zero attached hydrogens (tertiary/aromatic N) is 1. The number of ether oxygens (including phenoxy) is 1. The highest BCUT2D eigenvalue weighted by Gasteiger charge is 2.14. The number of aromatic nitrogens is 1. The predicted molar refractivity (Wildman–Crippen MR) is 103 cm³/mol. The quantitative estimate of drug-likeness (QED) is 0.498. The SMILES string of the molecule is COC(=O)CCCNc1nc(C)c(-c2ccc(O)c(F)c2)c2ccccc12. The topological polar surface area (TPSA) is 71.5 Å². The van der Waals surface area contributed by atoms with Gasteiger partial charge in [-0.25, -0.2) is 9.37 Å². The molecule has 2 N–H and O–H groups in total. The molecule has 0 bridgehead atoms. The summed E-state index contributed by atoms with van der Waals surface area (Å²) in [7, 11) is 1.37. The molecule has 0 radical (unpaired) electrons. The van der Waals surface area contributed by atoms with Crippen LogP contribution in [0.3, 0.4) is 0 Å². The average molecular weight is 368 g/mol. The van der Waals surface area contributed by atoms with Crippen molar-refractivity contribution in [3.63, 3.8) is 0 Å². The highest BCUT2D eigenvalue weighted by Crippen LogP contribution is 2.35. The van der Waals surface area contributed by atoms with Gasteiger partial charge in [0.05, 0.1) is 7.11 Å². The minimum atomic E-state index is -0.666. The van der Waals surface area contributed by atoms with Crippen molar-refractivity contribution in [2.75, 3.05) is 19.0 Å². The second kappa shape index (κ2) is 8.03. The molecule has 0 fully saturated rings. The largest absolute Gasteiger partial charge is 0.505 e. The molecule has 0 spiro atoms. The summed E-state index contributed by atoms with van der Waals surface area (Å²) in [5.41, 5.74) is 2.22. The fourth-order valence-electron chi connectivity index (χ4n) is 3.09. The van der Waals surface area contributed by atoms with Crippen LogP contribution in [0, 0.1) is 12.7 Å². The summed E-state index contributed by atoms with van der Waals surface area (Å²) < 4.78 is 18.5. The molecule has 3 aromatic rings. The van der Waals surface area contributed by atoms with Gasteiger partial charge in [0.15, 0.2) is 11.6 Å². The van der Waals surface area contributed by atoms with Crippen LogP contribution in [0.4, 0.5) is 10.2 Å². The number of carbonyl (C=O) groups is 1. The summed E-state index contributed by atoms with van der Waals surface area (Å²) in [5.74, 6) is -0.565. The van der Waals surface area contributed by atoms with E-state index in [2.05, 4.69) is 15.0 Å². The van der Waals surface area contributed by atoms with E-state index in [1.807, 2.05) is 31.2 Å². The maximum absolute atomic E-state index is 13.9. The van der Waals surface area contributed by atoms with Gasteiger partial charge in [0.1, 0.15) is 5.82 Å². The van der Waals surface area contributed by atoms with Crippen LogP contribution in [-0.4, -0.2) is 29.7 Å². The first-order chi connectivity index (χ1) is 13.0. The van der Waals surface area contributed by atoms with Gasteiger partial charge >= 0.3 is 5.97 Å². The minimum Gasteiger partial charge on any atom is -0.505 e. The van der Waals surface area contributed by atoms with E-state index in [4.69, 9.17) is 0 Å². The van der Waals surface area contributed by atoms with Crippen molar-refractivity contribution in [2.45, 2.75) is 19.8 Å². The normalized spacial score (nSPS) is 10.8. The number of nitrogens with one attached hydrogen (secondary N) is 1. The maximum atomic E-state index is 13.9. The summed E-state index contributed by atoms with van der Waals surface area (Å²) in [6.45, 7) is 2.45. The summed E-state index contributed by atoms with van der Waals surface area (Å²) in [5, 5.41) is 14.6. The van der Waals surface area contributed by atoms with Crippen LogP contribution in [0.1, 0.15) is 18.5 Å². The molecule has 0 saturated heterocycles. The Bertz CT molecular complexity index is 989. The zero-order valence-electron chi connectivity index (χ0n) is 15.3. The Hall–Kier alpha value is -3.15. The lowest BCUT2D eigenvalue weighted by molar-refractivity contribution is -0.140. The van der Waals surface area contributed by atoms with E-state index in [0.717, 1.165) is 27.8 Å². The smallest absolute Gasteiger partial charge is 0.305 e. The number of fused-ring (bicyclic) bond motifs is 1. The third-order valence-corrected chi connectivity index (χ3v) is 4.41. The lowest BCUT2D eigenvalue weighted by Gasteiger charge is -2.15. The maximum Gasteiger partial charge on any atom is 0.305 e. The van der Waals surface area contributed by atoms with E-state index in [1.54, 1.807) is 6.07 Å². The molecule has 6 heteroatoms. The molecular formula is C21H21FN2O3. The van der Waals surface area contributed by atoms with Gasteiger partial charge in [0, 0.05) is 29.6 Å². The van der Waals surface area contributed by atoms with Crippen LogP contribution in [0.15, 0.2) is 42.5 Å². The molecule has 0 aliphatic rings. The first-order valence-corrected chi connectivity index (χ1v) is 8.70. The molecule has 0 aliphatic heterocycles. The molecule has 1 heterocycles. The molecular weight excluding hydrogens is 347 g/mol. The van der Waals surface area contributed by atoms with Gasteiger partial charge in [-0.3, -0.25) is 4.79 Å². The standard InChI is InChI=1S/C21H21FN2O3/c1-13-20(14-9-10-18(25)17(22)12-14)15-6-3-4-7-16(15)21(24-13)23-11-5-8-19(26)27-2/h3-4,6-7,9-10,12,25H,5,8,11H2,1-2H3,(H,23,24). The van der Waals surface area contributed by atoms with E-state index in [0.29, 0.717) is 24.9 Å². The molecule has 2 aromatic carbocycles. The number of methoxy groups -OCH3 is 1. The van der Waals surface area contributed by atoms with Gasteiger partial charge in [-0.1, -0.05) is 30.3 Å². The second-order valence-electron chi connectivity index (χ2n) is 6.24. The van der Waals surface area contributed by atoms with Crippen LogP contribution in [0.25, 0.3) is 21.9 Å². The Morgan fingerprint density at radius 3 is 2.67 bits per heavy atom. The number of benzene rings is 2. The van der Waals surface area contributed by atoms with Crippen molar-refractivity contribution < 1.29 is 19.0 Å². The number of hydrogen-bond acceptors (Lipinski definition) is 5. The van der Waals surface area contributed by atoms with Crippen LogP contribution >= 0.6 is 0 Å². The van der Waals surface area contributed by atoms with Crippen molar-refractivity contribution in [3.05, 3.63) is 54.0 Å². The number of carbonyl (C=O) groups excluding carboxylic acids is 1. The number of phenolic OH excluding ortho intramolecular Hbond substituents is 1. The van der Waals surface area contributed by atoms with Crippen molar-refractivity contribution >= 4 is 22.6 Å². The molecule has 3 rings (SSSR count). The summed E-state index contributed by atoms with van der Waals surface area (Å²) in [4.78, 5) is 15.9. The molecule has 5 nitrogen and oxygen atoms in total. The number of esters is 1. The zero-order chi connectivity index (χ0) is 19.4. The number of rotatable bonds is 6. The first kappa shape index (κ1) is 18.6. The zero-order valence-corrected chi connectivity index (χ0v) is 15.3. The molecule has 1 aromatic heterocycles. The monoisotopic (exact) mass is 368 g/mol. The summed E-state index contributed by atoms with van der Waals surface area (Å²) in [6, 6.07) is 12.1. The molecule has 0 aliphatic carbocycles. The van der Waals surface area contributed by atoms with E-state index >= 15 is 0 Å². The van der Waals surface area contributed by atoms with E-state index < -0.39 is 5.82 Å². The third kappa shape index (κ3) is 4.00.